The van der Waals surface area contributed by atoms with Gasteiger partial charge in [-0.2, -0.15) is 0 Å². The average Bonchev–Trinajstić information content (AvgIpc) is 3.21. The number of rotatable bonds is 5. The van der Waals surface area contributed by atoms with Crippen molar-refractivity contribution in [1.29, 1.82) is 0 Å². The van der Waals surface area contributed by atoms with E-state index in [1.165, 1.54) is 22.7 Å². The number of para-hydroxylation sites is 1. The van der Waals surface area contributed by atoms with Crippen molar-refractivity contribution in [3.05, 3.63) is 64.6 Å². The van der Waals surface area contributed by atoms with E-state index in [4.69, 9.17) is 11.6 Å². The number of carbonyl (C=O) groups is 1. The molecule has 26 heavy (non-hydrogen) atoms. The highest BCUT2D eigenvalue weighted by Crippen LogP contribution is 2.28. The van der Waals surface area contributed by atoms with Gasteiger partial charge in [-0.15, -0.1) is 11.3 Å². The molecule has 130 valence electrons. The number of aromatic nitrogens is 2. The summed E-state index contributed by atoms with van der Waals surface area (Å²) in [7, 11) is 0. The van der Waals surface area contributed by atoms with Crippen molar-refractivity contribution in [3.63, 3.8) is 0 Å². The van der Waals surface area contributed by atoms with E-state index in [9.17, 15) is 4.79 Å². The van der Waals surface area contributed by atoms with Gasteiger partial charge in [0.1, 0.15) is 0 Å². The van der Waals surface area contributed by atoms with E-state index in [-0.39, 0.29) is 12.3 Å². The van der Waals surface area contributed by atoms with Crippen LogP contribution >= 0.6 is 34.3 Å². The van der Waals surface area contributed by atoms with E-state index in [1.54, 1.807) is 6.07 Å². The van der Waals surface area contributed by atoms with Crippen LogP contribution in [0.25, 0.3) is 10.2 Å². The number of benzene rings is 2. The molecule has 0 saturated carbocycles. The molecule has 2 aromatic carbocycles. The molecular formula is C18H13ClN4OS2. The van der Waals surface area contributed by atoms with Gasteiger partial charge in [-0.05, 0) is 30.3 Å². The fourth-order valence-electron chi connectivity index (χ4n) is 2.37. The van der Waals surface area contributed by atoms with E-state index in [1.807, 2.05) is 47.8 Å². The SMILES string of the molecule is O=C(Cc1csc(Nc2ccccc2)n1)Nc1nc2ccc(Cl)cc2s1. The molecule has 4 aromatic rings. The predicted octanol–water partition coefficient (Wildman–Crippen LogP) is 5.33. The van der Waals surface area contributed by atoms with Gasteiger partial charge in [0.2, 0.25) is 5.91 Å². The Hall–Kier alpha value is -2.48. The second-order valence-electron chi connectivity index (χ2n) is 5.49. The van der Waals surface area contributed by atoms with Gasteiger partial charge < -0.3 is 10.6 Å². The maximum Gasteiger partial charge on any atom is 0.232 e. The first kappa shape index (κ1) is 17.0. The molecule has 0 spiro atoms. The molecule has 0 aliphatic carbocycles. The van der Waals surface area contributed by atoms with Crippen molar-refractivity contribution in [2.24, 2.45) is 0 Å². The summed E-state index contributed by atoms with van der Waals surface area (Å²) < 4.78 is 0.941. The number of amides is 1. The number of nitrogens with zero attached hydrogens (tertiary/aromatic N) is 2. The van der Waals surface area contributed by atoms with Crippen molar-refractivity contribution in [2.75, 3.05) is 10.6 Å². The summed E-state index contributed by atoms with van der Waals surface area (Å²) in [4.78, 5) is 21.1. The van der Waals surface area contributed by atoms with Gasteiger partial charge in [0, 0.05) is 16.1 Å². The predicted molar refractivity (Wildman–Crippen MR) is 109 cm³/mol. The van der Waals surface area contributed by atoms with Crippen molar-refractivity contribution in [3.8, 4) is 0 Å². The molecule has 8 heteroatoms. The molecule has 0 saturated heterocycles. The van der Waals surface area contributed by atoms with Crippen LogP contribution in [0.5, 0.6) is 0 Å². The van der Waals surface area contributed by atoms with Gasteiger partial charge in [-0.1, -0.05) is 41.1 Å². The van der Waals surface area contributed by atoms with Crippen molar-refractivity contribution in [1.82, 2.24) is 9.97 Å². The fourth-order valence-corrected chi connectivity index (χ4v) is 4.26. The first-order valence-electron chi connectivity index (χ1n) is 7.78. The van der Waals surface area contributed by atoms with Crippen LogP contribution in [-0.4, -0.2) is 15.9 Å². The maximum atomic E-state index is 12.3. The van der Waals surface area contributed by atoms with Crippen LogP contribution in [0.1, 0.15) is 5.69 Å². The Balaban J connectivity index is 1.40. The number of fused-ring (bicyclic) bond motifs is 1. The summed E-state index contributed by atoms with van der Waals surface area (Å²) in [5, 5.41) is 9.90. The lowest BCUT2D eigenvalue weighted by atomic mass is 10.3. The highest BCUT2D eigenvalue weighted by Gasteiger charge is 2.11. The second kappa shape index (κ2) is 7.41. The van der Waals surface area contributed by atoms with Gasteiger partial charge >= 0.3 is 0 Å². The van der Waals surface area contributed by atoms with Crippen molar-refractivity contribution < 1.29 is 4.79 Å². The molecule has 0 aliphatic rings. The zero-order valence-electron chi connectivity index (χ0n) is 13.4. The number of carbonyl (C=O) groups excluding carboxylic acids is 1. The first-order valence-corrected chi connectivity index (χ1v) is 9.85. The number of anilines is 3. The van der Waals surface area contributed by atoms with Crippen LogP contribution in [0.15, 0.2) is 53.9 Å². The molecule has 0 unspecified atom stereocenters. The van der Waals surface area contributed by atoms with Crippen molar-refractivity contribution in [2.45, 2.75) is 6.42 Å². The standard InChI is InChI=1S/C18H13ClN4OS2/c19-11-6-7-14-15(8-11)26-18(22-14)23-16(24)9-13-10-25-17(21-13)20-12-4-2-1-3-5-12/h1-8,10H,9H2,(H,20,21)(H,22,23,24). The van der Waals surface area contributed by atoms with Crippen LogP contribution in [0.3, 0.4) is 0 Å². The van der Waals surface area contributed by atoms with Crippen LogP contribution in [0.4, 0.5) is 16.0 Å². The fraction of sp³-hybridized carbons (Fsp3) is 0.0556. The number of nitrogens with one attached hydrogen (secondary N) is 2. The number of hydrogen-bond donors (Lipinski definition) is 2. The Labute approximate surface area is 162 Å². The van der Waals surface area contributed by atoms with E-state index in [2.05, 4.69) is 20.6 Å². The monoisotopic (exact) mass is 400 g/mol. The minimum atomic E-state index is -0.147. The minimum Gasteiger partial charge on any atom is -0.332 e. The molecule has 0 atom stereocenters. The number of thiazole rings is 2. The molecule has 0 bridgehead atoms. The highest BCUT2D eigenvalue weighted by atomic mass is 35.5. The van der Waals surface area contributed by atoms with Gasteiger partial charge in [0.05, 0.1) is 22.3 Å². The van der Waals surface area contributed by atoms with E-state index in [0.29, 0.717) is 10.2 Å². The number of hydrogen-bond acceptors (Lipinski definition) is 6. The molecule has 1 amide bonds. The molecule has 5 nitrogen and oxygen atoms in total. The van der Waals surface area contributed by atoms with E-state index >= 15 is 0 Å². The minimum absolute atomic E-state index is 0.147. The quantitative estimate of drug-likeness (QED) is 0.475. The first-order chi connectivity index (χ1) is 12.7. The average molecular weight is 401 g/mol. The van der Waals surface area contributed by atoms with Crippen LogP contribution in [0, 0.1) is 0 Å². The summed E-state index contributed by atoms with van der Waals surface area (Å²) in [6, 6.07) is 15.3. The summed E-state index contributed by atoms with van der Waals surface area (Å²) in [5.74, 6) is -0.147. The molecule has 0 aliphatic heterocycles. The molecule has 0 fully saturated rings. The Morgan fingerprint density at radius 2 is 1.92 bits per heavy atom. The van der Waals surface area contributed by atoms with Crippen LogP contribution in [0.2, 0.25) is 5.02 Å². The lowest BCUT2D eigenvalue weighted by molar-refractivity contribution is -0.115. The van der Waals surface area contributed by atoms with E-state index < -0.39 is 0 Å². The van der Waals surface area contributed by atoms with Crippen molar-refractivity contribution >= 4 is 66.3 Å². The summed E-state index contributed by atoms with van der Waals surface area (Å²) in [6.07, 6.45) is 0.198. The third kappa shape index (κ3) is 4.01. The Kier molecular flexibility index (Phi) is 4.83. The summed E-state index contributed by atoms with van der Waals surface area (Å²) >= 11 is 8.85. The Bertz CT molecular complexity index is 1060. The lowest BCUT2D eigenvalue weighted by Gasteiger charge is -2.01. The van der Waals surface area contributed by atoms with Gasteiger partial charge in [0.15, 0.2) is 10.3 Å². The zero-order valence-corrected chi connectivity index (χ0v) is 15.8. The van der Waals surface area contributed by atoms with E-state index in [0.717, 1.165) is 26.7 Å². The normalized spacial score (nSPS) is 10.8. The lowest BCUT2D eigenvalue weighted by Crippen LogP contribution is -2.14. The maximum absolute atomic E-state index is 12.3. The Morgan fingerprint density at radius 3 is 2.77 bits per heavy atom. The second-order valence-corrected chi connectivity index (χ2v) is 7.82. The molecule has 2 aromatic heterocycles. The molecule has 2 N–H and O–H groups in total. The molecule has 0 radical (unpaired) electrons. The molecule has 4 rings (SSSR count). The van der Waals surface area contributed by atoms with Gasteiger partial charge in [-0.3, -0.25) is 4.79 Å². The van der Waals surface area contributed by atoms with Crippen LogP contribution in [-0.2, 0) is 11.2 Å². The number of halogens is 1. The van der Waals surface area contributed by atoms with Crippen LogP contribution < -0.4 is 10.6 Å². The smallest absolute Gasteiger partial charge is 0.232 e. The zero-order chi connectivity index (χ0) is 17.9. The summed E-state index contributed by atoms with van der Waals surface area (Å²) in [6.45, 7) is 0. The highest BCUT2D eigenvalue weighted by molar-refractivity contribution is 7.22. The third-order valence-electron chi connectivity index (χ3n) is 3.52. The summed E-state index contributed by atoms with van der Waals surface area (Å²) in [5.41, 5.74) is 2.50. The largest absolute Gasteiger partial charge is 0.332 e. The van der Waals surface area contributed by atoms with Gasteiger partial charge in [0.25, 0.3) is 0 Å². The third-order valence-corrected chi connectivity index (χ3v) is 5.49. The molecular weight excluding hydrogens is 388 g/mol. The molecule has 2 heterocycles. The van der Waals surface area contributed by atoms with Gasteiger partial charge in [-0.25, -0.2) is 9.97 Å². The Morgan fingerprint density at radius 1 is 1.08 bits per heavy atom. The topological polar surface area (TPSA) is 66.9 Å².